The van der Waals surface area contributed by atoms with Crippen LogP contribution in [0.2, 0.25) is 0 Å². The van der Waals surface area contributed by atoms with Gasteiger partial charge in [-0.2, -0.15) is 0 Å². The molecule has 1 aromatic rings. The molecule has 7 heteroatoms. The smallest absolute Gasteiger partial charge is 0.407 e. The molecule has 1 N–H and O–H groups in total. The van der Waals surface area contributed by atoms with Gasteiger partial charge in [0.05, 0.1) is 19.3 Å². The summed E-state index contributed by atoms with van der Waals surface area (Å²) in [5.74, 6) is 0.0490. The fraction of sp³-hybridized carbons (Fsp3) is 0.444. The number of amides is 1. The van der Waals surface area contributed by atoms with Crippen LogP contribution in [0.3, 0.4) is 0 Å². The second kappa shape index (κ2) is 12.4. The van der Waals surface area contributed by atoms with Crippen molar-refractivity contribution in [3.8, 4) is 0 Å². The molecule has 0 saturated heterocycles. The first-order valence-corrected chi connectivity index (χ1v) is 9.03. The Bertz CT molecular complexity index is 536. The van der Waals surface area contributed by atoms with E-state index >= 15 is 0 Å². The molecule has 1 atom stereocenters. The Labute approximate surface area is 152 Å². The van der Waals surface area contributed by atoms with E-state index in [0.29, 0.717) is 12.4 Å². The van der Waals surface area contributed by atoms with Crippen molar-refractivity contribution in [1.82, 2.24) is 5.32 Å². The van der Waals surface area contributed by atoms with Crippen LogP contribution in [-0.2, 0) is 19.0 Å². The van der Waals surface area contributed by atoms with Crippen LogP contribution in [0.15, 0.2) is 47.9 Å². The molecule has 0 aliphatic heterocycles. The Morgan fingerprint density at radius 3 is 2.64 bits per heavy atom. The molecule has 6 nitrogen and oxygen atoms in total. The Morgan fingerprint density at radius 1 is 1.28 bits per heavy atom. The predicted octanol–water partition coefficient (Wildman–Crippen LogP) is 3.03. The van der Waals surface area contributed by atoms with E-state index < -0.39 is 12.1 Å². The Balaban J connectivity index is 2.39. The molecule has 0 spiro atoms. The average molecular weight is 367 g/mol. The monoisotopic (exact) mass is 367 g/mol. The SMILES string of the molecule is C=CC(=O)OCCNC(=O)OC(COC(C)C)CSc1ccccc1. The van der Waals surface area contributed by atoms with Crippen molar-refractivity contribution in [2.24, 2.45) is 0 Å². The Kier molecular flexibility index (Phi) is 10.4. The summed E-state index contributed by atoms with van der Waals surface area (Å²) in [6, 6.07) is 9.87. The van der Waals surface area contributed by atoms with Gasteiger partial charge in [-0.15, -0.1) is 11.8 Å². The number of carbonyl (C=O) groups excluding carboxylic acids is 2. The van der Waals surface area contributed by atoms with E-state index in [9.17, 15) is 9.59 Å². The van der Waals surface area contributed by atoms with Gasteiger partial charge in [-0.25, -0.2) is 9.59 Å². The van der Waals surface area contributed by atoms with Crippen molar-refractivity contribution in [3.05, 3.63) is 43.0 Å². The van der Waals surface area contributed by atoms with Crippen molar-refractivity contribution in [2.45, 2.75) is 31.0 Å². The highest BCUT2D eigenvalue weighted by molar-refractivity contribution is 7.99. The molecule has 0 fully saturated rings. The molecule has 0 radical (unpaired) electrons. The number of esters is 1. The highest BCUT2D eigenvalue weighted by atomic mass is 32.2. The summed E-state index contributed by atoms with van der Waals surface area (Å²) in [6.07, 6.45) is 0.163. The number of ether oxygens (including phenoxy) is 3. The van der Waals surface area contributed by atoms with Crippen LogP contribution in [0.25, 0.3) is 0 Å². The summed E-state index contributed by atoms with van der Waals surface area (Å²) in [7, 11) is 0. The topological polar surface area (TPSA) is 73.9 Å². The maximum atomic E-state index is 11.9. The minimum atomic E-state index is -0.569. The van der Waals surface area contributed by atoms with Crippen molar-refractivity contribution in [3.63, 3.8) is 0 Å². The van der Waals surface area contributed by atoms with Gasteiger partial charge in [0.25, 0.3) is 0 Å². The molecule has 1 amide bonds. The van der Waals surface area contributed by atoms with E-state index in [1.54, 1.807) is 11.8 Å². The maximum Gasteiger partial charge on any atom is 0.407 e. The van der Waals surface area contributed by atoms with Crippen LogP contribution < -0.4 is 5.32 Å². The first kappa shape index (κ1) is 21.1. The molecule has 0 aromatic heterocycles. The Morgan fingerprint density at radius 2 is 2.00 bits per heavy atom. The average Bonchev–Trinajstić information content (AvgIpc) is 2.61. The molecule has 138 valence electrons. The van der Waals surface area contributed by atoms with Gasteiger partial charge in [-0.1, -0.05) is 24.8 Å². The first-order valence-electron chi connectivity index (χ1n) is 8.04. The third-order valence-corrected chi connectivity index (χ3v) is 3.99. The van der Waals surface area contributed by atoms with Gasteiger partial charge in [0.15, 0.2) is 0 Å². The van der Waals surface area contributed by atoms with Crippen LogP contribution in [0.5, 0.6) is 0 Å². The lowest BCUT2D eigenvalue weighted by molar-refractivity contribution is -0.137. The van der Waals surface area contributed by atoms with Crippen molar-refractivity contribution in [1.29, 1.82) is 0 Å². The van der Waals surface area contributed by atoms with E-state index in [0.717, 1.165) is 11.0 Å². The summed E-state index contributed by atoms with van der Waals surface area (Å²) in [5, 5.41) is 2.54. The van der Waals surface area contributed by atoms with Gasteiger partial charge in [-0.05, 0) is 26.0 Å². The zero-order chi connectivity index (χ0) is 18.5. The largest absolute Gasteiger partial charge is 0.461 e. The molecule has 0 heterocycles. The van der Waals surface area contributed by atoms with Gasteiger partial charge in [0, 0.05) is 16.7 Å². The highest BCUT2D eigenvalue weighted by Gasteiger charge is 2.16. The lowest BCUT2D eigenvalue weighted by Crippen LogP contribution is -2.35. The van der Waals surface area contributed by atoms with E-state index in [1.165, 1.54) is 0 Å². The summed E-state index contributed by atoms with van der Waals surface area (Å²) < 4.78 is 15.7. The quantitative estimate of drug-likeness (QED) is 0.280. The number of carbonyl (C=O) groups is 2. The molecule has 0 aliphatic rings. The van der Waals surface area contributed by atoms with Gasteiger partial charge in [0.2, 0.25) is 0 Å². The summed E-state index contributed by atoms with van der Waals surface area (Å²) in [5.41, 5.74) is 0. The lowest BCUT2D eigenvalue weighted by atomic mass is 10.4. The number of benzene rings is 1. The minimum Gasteiger partial charge on any atom is -0.461 e. The van der Waals surface area contributed by atoms with Gasteiger partial charge in [-0.3, -0.25) is 0 Å². The summed E-state index contributed by atoms with van der Waals surface area (Å²) in [6.45, 7) is 7.69. The number of nitrogens with one attached hydrogen (secondary N) is 1. The summed E-state index contributed by atoms with van der Waals surface area (Å²) >= 11 is 1.59. The van der Waals surface area contributed by atoms with Crippen molar-refractivity contribution in [2.75, 3.05) is 25.5 Å². The molecule has 1 unspecified atom stereocenters. The third kappa shape index (κ3) is 10.5. The normalized spacial score (nSPS) is 11.6. The number of rotatable bonds is 11. The molecule has 1 aromatic carbocycles. The molecular weight excluding hydrogens is 342 g/mol. The van der Waals surface area contributed by atoms with Gasteiger partial charge in [0.1, 0.15) is 12.7 Å². The number of hydrogen-bond donors (Lipinski definition) is 1. The van der Waals surface area contributed by atoms with Crippen LogP contribution in [0, 0.1) is 0 Å². The Hall–Kier alpha value is -1.99. The zero-order valence-corrected chi connectivity index (χ0v) is 15.4. The van der Waals surface area contributed by atoms with Crippen molar-refractivity contribution >= 4 is 23.8 Å². The molecule has 0 saturated carbocycles. The van der Waals surface area contributed by atoms with E-state index in [-0.39, 0.29) is 25.4 Å². The second-order valence-electron chi connectivity index (χ2n) is 5.33. The van der Waals surface area contributed by atoms with E-state index in [2.05, 4.69) is 11.9 Å². The van der Waals surface area contributed by atoms with Crippen LogP contribution in [-0.4, -0.2) is 49.8 Å². The first-order chi connectivity index (χ1) is 12.0. The minimum absolute atomic E-state index is 0.0502. The third-order valence-electron chi connectivity index (χ3n) is 2.85. The number of thioether (sulfide) groups is 1. The van der Waals surface area contributed by atoms with Gasteiger partial charge >= 0.3 is 12.1 Å². The zero-order valence-electron chi connectivity index (χ0n) is 14.6. The maximum absolute atomic E-state index is 11.9. The van der Waals surface area contributed by atoms with E-state index in [1.807, 2.05) is 44.2 Å². The van der Waals surface area contributed by atoms with Crippen LogP contribution in [0.4, 0.5) is 4.79 Å². The molecule has 0 bridgehead atoms. The summed E-state index contributed by atoms with van der Waals surface area (Å²) in [4.78, 5) is 23.9. The number of alkyl carbamates (subject to hydrolysis) is 1. The molecular formula is C18H25NO5S. The molecule has 0 aliphatic carbocycles. The van der Waals surface area contributed by atoms with Crippen LogP contribution >= 0.6 is 11.8 Å². The standard InChI is InChI=1S/C18H25NO5S/c1-4-17(20)22-11-10-19-18(21)24-15(12-23-14(2)3)13-25-16-8-6-5-7-9-16/h4-9,14-15H,1,10-13H2,2-3H3,(H,19,21). The molecule has 1 rings (SSSR count). The van der Waals surface area contributed by atoms with Crippen LogP contribution in [0.1, 0.15) is 13.8 Å². The number of hydrogen-bond acceptors (Lipinski definition) is 6. The van der Waals surface area contributed by atoms with Crippen molar-refractivity contribution < 1.29 is 23.8 Å². The fourth-order valence-electron chi connectivity index (χ4n) is 1.68. The molecule has 25 heavy (non-hydrogen) atoms. The van der Waals surface area contributed by atoms with Gasteiger partial charge < -0.3 is 19.5 Å². The lowest BCUT2D eigenvalue weighted by Gasteiger charge is -2.19. The highest BCUT2D eigenvalue weighted by Crippen LogP contribution is 2.19. The second-order valence-corrected chi connectivity index (χ2v) is 6.43. The fourth-order valence-corrected chi connectivity index (χ4v) is 2.57. The van der Waals surface area contributed by atoms with E-state index in [4.69, 9.17) is 14.2 Å². The predicted molar refractivity (Wildman–Crippen MR) is 97.7 cm³/mol.